The molecule has 0 bridgehead atoms. The second-order valence-corrected chi connectivity index (χ2v) is 5.89. The summed E-state index contributed by atoms with van der Waals surface area (Å²) < 4.78 is 0. The molecule has 94 valence electrons. The van der Waals surface area contributed by atoms with Crippen molar-refractivity contribution in [3.63, 3.8) is 0 Å². The molecule has 0 saturated heterocycles. The van der Waals surface area contributed by atoms with Crippen molar-refractivity contribution in [2.45, 2.75) is 6.42 Å². The van der Waals surface area contributed by atoms with Gasteiger partial charge in [-0.2, -0.15) is 0 Å². The summed E-state index contributed by atoms with van der Waals surface area (Å²) in [5.74, 6) is 0. The van der Waals surface area contributed by atoms with E-state index in [1.807, 2.05) is 0 Å². The van der Waals surface area contributed by atoms with E-state index < -0.39 is 0 Å². The molecule has 0 fully saturated rings. The minimum atomic E-state index is 0.0547. The molecule has 0 aliphatic heterocycles. The van der Waals surface area contributed by atoms with Crippen molar-refractivity contribution in [2.75, 3.05) is 0 Å². The van der Waals surface area contributed by atoms with Crippen molar-refractivity contribution in [3.05, 3.63) is 94.6 Å². The maximum absolute atomic E-state index is 2.38. The first kappa shape index (κ1) is 10.4. The Morgan fingerprint density at radius 1 is 0.900 bits per heavy atom. The van der Waals surface area contributed by atoms with Crippen molar-refractivity contribution in [1.29, 1.82) is 0 Å². The summed E-state index contributed by atoms with van der Waals surface area (Å²) in [6.07, 6.45) is 21.4. The maximum Gasteiger partial charge on any atom is 0.0431 e. The van der Waals surface area contributed by atoms with Crippen molar-refractivity contribution < 1.29 is 0 Å². The molecule has 1 aromatic carbocycles. The Morgan fingerprint density at radius 2 is 1.90 bits per heavy atom. The Labute approximate surface area is 118 Å². The molecular weight excluding hydrogens is 240 g/mol. The van der Waals surface area contributed by atoms with Crippen molar-refractivity contribution >= 4 is 11.6 Å². The molecule has 0 heterocycles. The van der Waals surface area contributed by atoms with E-state index >= 15 is 0 Å². The van der Waals surface area contributed by atoms with Crippen molar-refractivity contribution in [2.24, 2.45) is 5.41 Å². The smallest absolute Gasteiger partial charge is 0.0431 e. The highest BCUT2D eigenvalue weighted by Gasteiger charge is 2.42. The summed E-state index contributed by atoms with van der Waals surface area (Å²) in [7, 11) is 0. The van der Waals surface area contributed by atoms with Crippen LogP contribution in [0, 0.1) is 5.41 Å². The van der Waals surface area contributed by atoms with E-state index in [4.69, 9.17) is 0 Å². The quantitative estimate of drug-likeness (QED) is 0.633. The lowest BCUT2D eigenvalue weighted by Crippen LogP contribution is -2.31. The lowest BCUT2D eigenvalue weighted by Gasteiger charge is -2.41. The average Bonchev–Trinajstić information content (AvgIpc) is 2.92. The van der Waals surface area contributed by atoms with Gasteiger partial charge in [0.1, 0.15) is 0 Å². The van der Waals surface area contributed by atoms with Gasteiger partial charge >= 0.3 is 0 Å². The molecule has 0 N–H and O–H groups in total. The number of rotatable bonds is 0. The first-order valence-corrected chi connectivity index (χ1v) is 7.18. The highest BCUT2D eigenvalue weighted by molar-refractivity contribution is 5.96. The standard InChI is InChI=1S/C20H14/c1-2-12-20-13-15-6-3-5-14-10-11-17(19(14)15)18(20)9-4-8-16(20)7-1/h1-12H,13H2. The fourth-order valence-corrected chi connectivity index (χ4v) is 4.07. The largest absolute Gasteiger partial charge is 0.0693 e. The molecule has 5 rings (SSSR count). The van der Waals surface area contributed by atoms with E-state index in [-0.39, 0.29) is 5.41 Å². The summed E-state index contributed by atoms with van der Waals surface area (Å²) in [4.78, 5) is 0. The summed E-state index contributed by atoms with van der Waals surface area (Å²) >= 11 is 0. The molecule has 0 saturated carbocycles. The molecule has 20 heavy (non-hydrogen) atoms. The first-order chi connectivity index (χ1) is 9.88. The highest BCUT2D eigenvalue weighted by Crippen LogP contribution is 2.54. The van der Waals surface area contributed by atoms with Crippen molar-refractivity contribution in [3.8, 4) is 0 Å². The van der Waals surface area contributed by atoms with Crippen LogP contribution >= 0.6 is 0 Å². The zero-order valence-electron chi connectivity index (χ0n) is 11.1. The molecule has 4 aliphatic carbocycles. The van der Waals surface area contributed by atoms with Crippen LogP contribution in [-0.4, -0.2) is 0 Å². The maximum atomic E-state index is 2.38. The van der Waals surface area contributed by atoms with Gasteiger partial charge in [0.15, 0.2) is 0 Å². The van der Waals surface area contributed by atoms with Gasteiger partial charge in [-0.1, -0.05) is 72.9 Å². The molecular formula is C20H14. The number of benzene rings is 1. The lowest BCUT2D eigenvalue weighted by atomic mass is 9.61. The van der Waals surface area contributed by atoms with Crippen LogP contribution < -0.4 is 0 Å². The Morgan fingerprint density at radius 3 is 2.90 bits per heavy atom. The number of hydrogen-bond acceptors (Lipinski definition) is 0. The molecule has 1 unspecified atom stereocenters. The molecule has 0 amide bonds. The Kier molecular flexibility index (Phi) is 1.78. The topological polar surface area (TPSA) is 0 Å². The van der Waals surface area contributed by atoms with Crippen LogP contribution in [0.25, 0.3) is 11.6 Å². The van der Waals surface area contributed by atoms with Gasteiger partial charge in [-0.15, -0.1) is 0 Å². The minimum absolute atomic E-state index is 0.0547. The average molecular weight is 254 g/mol. The Balaban J connectivity index is 1.90. The first-order valence-electron chi connectivity index (χ1n) is 7.18. The van der Waals surface area contributed by atoms with E-state index in [9.17, 15) is 0 Å². The fraction of sp³-hybridized carbons (Fsp3) is 0.100. The van der Waals surface area contributed by atoms with Crippen molar-refractivity contribution in [1.82, 2.24) is 0 Å². The third-order valence-electron chi connectivity index (χ3n) is 4.94. The molecule has 1 spiro atoms. The zero-order chi connectivity index (χ0) is 13.2. The van der Waals surface area contributed by atoms with E-state index in [0.717, 1.165) is 6.42 Å². The molecule has 4 aliphatic rings. The van der Waals surface area contributed by atoms with Crippen LogP contribution in [0.2, 0.25) is 0 Å². The van der Waals surface area contributed by atoms with Crippen LogP contribution in [0.3, 0.4) is 0 Å². The lowest BCUT2D eigenvalue weighted by molar-refractivity contribution is 0.556. The van der Waals surface area contributed by atoms with Gasteiger partial charge in [-0.3, -0.25) is 0 Å². The summed E-state index contributed by atoms with van der Waals surface area (Å²) in [6, 6.07) is 6.70. The number of hydrogen-bond donors (Lipinski definition) is 0. The molecule has 0 heteroatoms. The Hall–Kier alpha value is -2.34. The summed E-state index contributed by atoms with van der Waals surface area (Å²) in [5.41, 5.74) is 8.67. The summed E-state index contributed by atoms with van der Waals surface area (Å²) in [5, 5.41) is 0. The highest BCUT2D eigenvalue weighted by atomic mass is 14.4. The minimum Gasteiger partial charge on any atom is -0.0693 e. The third-order valence-corrected chi connectivity index (χ3v) is 4.94. The van der Waals surface area contributed by atoms with Crippen LogP contribution in [0.4, 0.5) is 0 Å². The predicted molar refractivity (Wildman–Crippen MR) is 84.0 cm³/mol. The fourth-order valence-electron chi connectivity index (χ4n) is 4.07. The Bertz CT molecular complexity index is 822. The number of allylic oxidation sites excluding steroid dienone is 11. The van der Waals surface area contributed by atoms with E-state index in [0.29, 0.717) is 0 Å². The van der Waals surface area contributed by atoms with Gasteiger partial charge in [-0.05, 0) is 39.8 Å². The van der Waals surface area contributed by atoms with Gasteiger partial charge in [0.05, 0.1) is 0 Å². The molecule has 0 aromatic heterocycles. The second-order valence-electron chi connectivity index (χ2n) is 5.89. The SMILES string of the molecule is C1=CC2=CC=CC3=C4C=Cc5cccc(c54)CC23C=C1. The van der Waals surface area contributed by atoms with Crippen LogP contribution in [-0.2, 0) is 6.42 Å². The zero-order valence-corrected chi connectivity index (χ0v) is 11.1. The van der Waals surface area contributed by atoms with Crippen LogP contribution in [0.15, 0.2) is 78.0 Å². The normalized spacial score (nSPS) is 27.3. The third kappa shape index (κ3) is 1.09. The van der Waals surface area contributed by atoms with Crippen LogP contribution in [0.5, 0.6) is 0 Å². The van der Waals surface area contributed by atoms with E-state index in [1.165, 1.54) is 33.4 Å². The van der Waals surface area contributed by atoms with Gasteiger partial charge in [0, 0.05) is 5.41 Å². The molecule has 1 atom stereocenters. The predicted octanol–water partition coefficient (Wildman–Crippen LogP) is 4.63. The molecule has 1 aromatic rings. The van der Waals surface area contributed by atoms with Gasteiger partial charge < -0.3 is 0 Å². The van der Waals surface area contributed by atoms with Gasteiger partial charge in [0.2, 0.25) is 0 Å². The second kappa shape index (κ2) is 3.40. The summed E-state index contributed by atoms with van der Waals surface area (Å²) in [6.45, 7) is 0. The molecule has 0 radical (unpaired) electrons. The van der Waals surface area contributed by atoms with Crippen LogP contribution in [0.1, 0.15) is 16.7 Å². The van der Waals surface area contributed by atoms with E-state index in [1.54, 1.807) is 0 Å². The monoisotopic (exact) mass is 254 g/mol. The molecule has 0 nitrogen and oxygen atoms in total. The van der Waals surface area contributed by atoms with Gasteiger partial charge in [-0.25, -0.2) is 0 Å². The van der Waals surface area contributed by atoms with E-state index in [2.05, 4.69) is 72.9 Å². The van der Waals surface area contributed by atoms with Gasteiger partial charge in [0.25, 0.3) is 0 Å².